The van der Waals surface area contributed by atoms with Crippen LogP contribution in [-0.2, 0) is 13.0 Å². The first-order valence-electron chi connectivity index (χ1n) is 12.7. The second-order valence-electron chi connectivity index (χ2n) is 9.12. The summed E-state index contributed by atoms with van der Waals surface area (Å²) < 4.78 is 14.8. The van der Waals surface area contributed by atoms with Crippen molar-refractivity contribution in [2.24, 2.45) is 5.10 Å². The summed E-state index contributed by atoms with van der Waals surface area (Å²) in [6.07, 6.45) is 4.20. The third kappa shape index (κ3) is 5.92. The van der Waals surface area contributed by atoms with E-state index >= 15 is 0 Å². The van der Waals surface area contributed by atoms with Crippen molar-refractivity contribution in [3.05, 3.63) is 109 Å². The Kier molecular flexibility index (Phi) is 8.43. The molecular weight excluding hydrogens is 622 g/mol. The third-order valence-electron chi connectivity index (χ3n) is 6.46. The average molecular weight is 649 g/mol. The number of ether oxygens (including phenoxy) is 2. The summed E-state index contributed by atoms with van der Waals surface area (Å²) in [5.41, 5.74) is 2.30. The van der Waals surface area contributed by atoms with Crippen LogP contribution in [-0.4, -0.2) is 23.0 Å². The summed E-state index contributed by atoms with van der Waals surface area (Å²) in [5, 5.41) is 7.40. The Morgan fingerprint density at radius 1 is 1.00 bits per heavy atom. The van der Waals surface area contributed by atoms with Crippen molar-refractivity contribution in [1.82, 2.24) is 9.66 Å². The summed E-state index contributed by atoms with van der Waals surface area (Å²) >= 11 is 7.09. The number of halogens is 2. The molecule has 0 saturated heterocycles. The number of benzene rings is 4. The Bertz CT molecular complexity index is 1740. The lowest BCUT2D eigenvalue weighted by molar-refractivity contribution is 0.283. The zero-order valence-electron chi connectivity index (χ0n) is 21.7. The zero-order chi connectivity index (χ0) is 27.4. The van der Waals surface area contributed by atoms with E-state index in [0.29, 0.717) is 41.3 Å². The van der Waals surface area contributed by atoms with E-state index in [1.165, 1.54) is 10.1 Å². The molecule has 0 aliphatic heterocycles. The second kappa shape index (κ2) is 12.1. The predicted octanol–water partition coefficient (Wildman–Crippen LogP) is 7.89. The first kappa shape index (κ1) is 27.1. The van der Waals surface area contributed by atoms with E-state index in [4.69, 9.17) is 14.5 Å². The minimum Gasteiger partial charge on any atom is -0.493 e. The molecule has 198 valence electrons. The van der Waals surface area contributed by atoms with Gasteiger partial charge in [-0.05, 0) is 74.6 Å². The number of aryl methyl sites for hydroxylation is 1. The first-order valence-corrected chi connectivity index (χ1v) is 14.3. The lowest BCUT2D eigenvalue weighted by Gasteiger charge is -2.15. The molecule has 6 nitrogen and oxygen atoms in total. The van der Waals surface area contributed by atoms with E-state index in [1.54, 1.807) is 19.4 Å². The van der Waals surface area contributed by atoms with E-state index in [-0.39, 0.29) is 5.56 Å². The maximum atomic E-state index is 13.4. The van der Waals surface area contributed by atoms with Crippen LogP contribution in [0.25, 0.3) is 21.7 Å². The molecule has 0 aliphatic carbocycles. The normalized spacial score (nSPS) is 11.5. The summed E-state index contributed by atoms with van der Waals surface area (Å²) in [7, 11) is 1.60. The van der Waals surface area contributed by atoms with Crippen LogP contribution in [0.1, 0.15) is 36.7 Å². The molecule has 0 bridgehead atoms. The third-order valence-corrected chi connectivity index (χ3v) is 7.54. The minimum atomic E-state index is -0.204. The lowest BCUT2D eigenvalue weighted by atomic mass is 10.1. The van der Waals surface area contributed by atoms with Gasteiger partial charge in [-0.2, -0.15) is 9.78 Å². The Morgan fingerprint density at radius 3 is 2.64 bits per heavy atom. The number of nitrogens with zero attached hydrogens (tertiary/aromatic N) is 3. The molecule has 0 spiro atoms. The Hall–Kier alpha value is -3.49. The number of hydrogen-bond acceptors (Lipinski definition) is 5. The van der Waals surface area contributed by atoms with Gasteiger partial charge in [0, 0.05) is 10.9 Å². The van der Waals surface area contributed by atoms with Crippen molar-refractivity contribution >= 4 is 59.7 Å². The van der Waals surface area contributed by atoms with Gasteiger partial charge in [0.05, 0.1) is 28.7 Å². The largest absolute Gasteiger partial charge is 0.493 e. The van der Waals surface area contributed by atoms with E-state index in [0.717, 1.165) is 38.3 Å². The van der Waals surface area contributed by atoms with Gasteiger partial charge in [0.1, 0.15) is 12.4 Å². The molecule has 1 heterocycles. The van der Waals surface area contributed by atoms with E-state index in [1.807, 2.05) is 42.5 Å². The van der Waals surface area contributed by atoms with Crippen LogP contribution in [0.15, 0.2) is 91.6 Å². The molecule has 0 amide bonds. The molecule has 0 unspecified atom stereocenters. The fourth-order valence-electron chi connectivity index (χ4n) is 4.46. The van der Waals surface area contributed by atoms with Gasteiger partial charge in [-0.1, -0.05) is 71.7 Å². The van der Waals surface area contributed by atoms with E-state index in [2.05, 4.69) is 68.2 Å². The van der Waals surface area contributed by atoms with Gasteiger partial charge in [-0.3, -0.25) is 4.79 Å². The fraction of sp³-hybridized carbons (Fsp3) is 0.194. The Labute approximate surface area is 243 Å². The Morgan fingerprint density at radius 2 is 1.82 bits per heavy atom. The van der Waals surface area contributed by atoms with Crippen molar-refractivity contribution in [3.8, 4) is 11.5 Å². The molecule has 0 atom stereocenters. The summed E-state index contributed by atoms with van der Waals surface area (Å²) in [6, 6.07) is 23.7. The number of fused-ring (bicyclic) bond motifs is 2. The van der Waals surface area contributed by atoms with Crippen molar-refractivity contribution in [2.75, 3.05) is 7.11 Å². The second-order valence-corrected chi connectivity index (χ2v) is 10.9. The number of aromatic nitrogens is 2. The molecule has 1 aromatic heterocycles. The summed E-state index contributed by atoms with van der Waals surface area (Å²) in [4.78, 5) is 18.1. The van der Waals surface area contributed by atoms with Crippen LogP contribution in [0.3, 0.4) is 0 Å². The van der Waals surface area contributed by atoms with Gasteiger partial charge in [0.2, 0.25) is 0 Å². The number of unbranched alkanes of at least 4 members (excludes halogenated alkanes) is 1. The quantitative estimate of drug-likeness (QED) is 0.153. The van der Waals surface area contributed by atoms with Gasteiger partial charge in [-0.15, -0.1) is 0 Å². The minimum absolute atomic E-state index is 0.204. The highest BCUT2D eigenvalue weighted by Crippen LogP contribution is 2.37. The maximum absolute atomic E-state index is 13.4. The van der Waals surface area contributed by atoms with E-state index in [9.17, 15) is 4.79 Å². The van der Waals surface area contributed by atoms with Gasteiger partial charge >= 0.3 is 0 Å². The van der Waals surface area contributed by atoms with Gasteiger partial charge in [0.25, 0.3) is 5.56 Å². The molecule has 0 saturated carbocycles. The lowest BCUT2D eigenvalue weighted by Crippen LogP contribution is -2.22. The molecule has 0 fully saturated rings. The van der Waals surface area contributed by atoms with Crippen molar-refractivity contribution in [3.63, 3.8) is 0 Å². The molecule has 4 aromatic carbocycles. The van der Waals surface area contributed by atoms with Crippen LogP contribution < -0.4 is 15.0 Å². The van der Waals surface area contributed by atoms with Gasteiger partial charge < -0.3 is 9.47 Å². The smallest absolute Gasteiger partial charge is 0.282 e. The highest BCUT2D eigenvalue weighted by Gasteiger charge is 2.14. The van der Waals surface area contributed by atoms with Crippen LogP contribution in [0.4, 0.5) is 0 Å². The molecule has 5 aromatic rings. The molecular formula is C31H27Br2N3O3. The summed E-state index contributed by atoms with van der Waals surface area (Å²) in [5.74, 6) is 1.79. The highest BCUT2D eigenvalue weighted by molar-refractivity contribution is 9.10. The Balaban J connectivity index is 1.46. The van der Waals surface area contributed by atoms with Crippen LogP contribution >= 0.6 is 31.9 Å². The molecule has 39 heavy (non-hydrogen) atoms. The predicted molar refractivity (Wildman–Crippen MR) is 164 cm³/mol. The van der Waals surface area contributed by atoms with Gasteiger partial charge in [0.15, 0.2) is 11.5 Å². The van der Waals surface area contributed by atoms with Crippen molar-refractivity contribution in [2.45, 2.75) is 32.8 Å². The maximum Gasteiger partial charge on any atom is 0.282 e. The van der Waals surface area contributed by atoms with Crippen LogP contribution in [0.5, 0.6) is 11.5 Å². The molecule has 8 heteroatoms. The fourth-order valence-corrected chi connectivity index (χ4v) is 5.39. The van der Waals surface area contributed by atoms with Gasteiger partial charge in [-0.25, -0.2) is 4.98 Å². The monoisotopic (exact) mass is 647 g/mol. The highest BCUT2D eigenvalue weighted by atomic mass is 79.9. The van der Waals surface area contributed by atoms with Crippen LogP contribution in [0, 0.1) is 0 Å². The molecule has 0 N–H and O–H groups in total. The summed E-state index contributed by atoms with van der Waals surface area (Å²) in [6.45, 7) is 2.50. The standard InChI is InChI=1S/C31H27Br2N3O3/c1-3-4-12-29-35-27-14-13-23(32)17-25(27)31(37)36(29)34-18-20-15-26(33)30(28(16-20)38-2)39-19-22-10-7-9-21-8-5-6-11-24(21)22/h5-11,13-18H,3-4,12,19H2,1-2H3. The average Bonchev–Trinajstić information content (AvgIpc) is 2.95. The number of methoxy groups -OCH3 is 1. The molecule has 5 rings (SSSR count). The number of hydrogen-bond donors (Lipinski definition) is 0. The van der Waals surface area contributed by atoms with Crippen LogP contribution in [0.2, 0.25) is 0 Å². The first-order chi connectivity index (χ1) is 19.0. The van der Waals surface area contributed by atoms with E-state index < -0.39 is 0 Å². The number of rotatable bonds is 9. The van der Waals surface area contributed by atoms with Crippen molar-refractivity contribution < 1.29 is 9.47 Å². The zero-order valence-corrected chi connectivity index (χ0v) is 24.8. The topological polar surface area (TPSA) is 65.7 Å². The van der Waals surface area contributed by atoms with Crippen molar-refractivity contribution in [1.29, 1.82) is 0 Å². The molecule has 0 radical (unpaired) electrons. The SMILES string of the molecule is CCCCc1nc2ccc(Br)cc2c(=O)n1N=Cc1cc(Br)c(OCc2cccc3ccccc23)c(OC)c1. The molecule has 0 aliphatic rings.